The van der Waals surface area contributed by atoms with Gasteiger partial charge < -0.3 is 24.8 Å². The number of urea groups is 1. The molecule has 1 heterocycles. The smallest absolute Gasteiger partial charge is 0.315 e. The molecular weight excluding hydrogens is 356 g/mol. The van der Waals surface area contributed by atoms with E-state index in [0.29, 0.717) is 37.8 Å². The molecule has 0 saturated carbocycles. The zero-order chi connectivity index (χ0) is 19.8. The number of methoxy groups -OCH3 is 2. The molecule has 1 aliphatic rings. The highest BCUT2D eigenvalue weighted by Crippen LogP contribution is 2.38. The quantitative estimate of drug-likeness (QED) is 0.769. The van der Waals surface area contributed by atoms with E-state index in [1.54, 1.807) is 14.2 Å². The van der Waals surface area contributed by atoms with Crippen LogP contribution in [0.15, 0.2) is 48.5 Å². The maximum absolute atomic E-state index is 12.4. The molecule has 1 fully saturated rings. The lowest BCUT2D eigenvalue weighted by molar-refractivity contribution is 0.0506. The molecule has 0 bridgehead atoms. The van der Waals surface area contributed by atoms with E-state index in [2.05, 4.69) is 16.7 Å². The van der Waals surface area contributed by atoms with Crippen LogP contribution in [-0.4, -0.2) is 40.0 Å². The highest BCUT2D eigenvalue weighted by atomic mass is 16.5. The number of carbonyl (C=O) groups excluding carboxylic acids is 1. The Kier molecular flexibility index (Phi) is 6.76. The summed E-state index contributed by atoms with van der Waals surface area (Å²) in [5, 5.41) is 5.97. The van der Waals surface area contributed by atoms with E-state index in [1.807, 2.05) is 42.5 Å². The first kappa shape index (κ1) is 20.0. The van der Waals surface area contributed by atoms with Gasteiger partial charge in [-0.1, -0.05) is 36.4 Å². The van der Waals surface area contributed by atoms with Crippen molar-refractivity contribution in [2.45, 2.75) is 24.8 Å². The van der Waals surface area contributed by atoms with Crippen molar-refractivity contribution in [1.29, 1.82) is 0 Å². The maximum atomic E-state index is 12.4. The Morgan fingerprint density at radius 1 is 1.00 bits per heavy atom. The van der Waals surface area contributed by atoms with Crippen molar-refractivity contribution in [2.24, 2.45) is 0 Å². The van der Waals surface area contributed by atoms with E-state index in [4.69, 9.17) is 14.2 Å². The summed E-state index contributed by atoms with van der Waals surface area (Å²) in [6.07, 6.45) is 1.67. The van der Waals surface area contributed by atoms with Gasteiger partial charge in [0, 0.05) is 31.7 Å². The normalized spacial score (nSPS) is 15.5. The van der Waals surface area contributed by atoms with Crippen LogP contribution in [0.2, 0.25) is 0 Å². The molecule has 0 unspecified atom stereocenters. The van der Waals surface area contributed by atoms with Crippen molar-refractivity contribution >= 4 is 6.03 Å². The zero-order valence-corrected chi connectivity index (χ0v) is 16.5. The van der Waals surface area contributed by atoms with Gasteiger partial charge >= 0.3 is 6.03 Å². The van der Waals surface area contributed by atoms with Gasteiger partial charge in [-0.15, -0.1) is 0 Å². The van der Waals surface area contributed by atoms with Crippen LogP contribution in [-0.2, 0) is 16.7 Å². The molecule has 0 aliphatic carbocycles. The predicted octanol–water partition coefficient (Wildman–Crippen LogP) is 3.25. The predicted molar refractivity (Wildman–Crippen MR) is 108 cm³/mol. The molecule has 2 amide bonds. The molecule has 6 heteroatoms. The van der Waals surface area contributed by atoms with E-state index >= 15 is 0 Å². The number of rotatable bonds is 7. The van der Waals surface area contributed by atoms with Gasteiger partial charge in [-0.3, -0.25) is 0 Å². The molecule has 1 saturated heterocycles. The molecular formula is C22H28N2O4. The number of amides is 2. The molecule has 0 spiro atoms. The molecule has 1 aliphatic heterocycles. The zero-order valence-electron chi connectivity index (χ0n) is 16.5. The van der Waals surface area contributed by atoms with Crippen LogP contribution in [0.3, 0.4) is 0 Å². The van der Waals surface area contributed by atoms with Crippen LogP contribution in [0, 0.1) is 0 Å². The molecule has 0 radical (unpaired) electrons. The Morgan fingerprint density at radius 3 is 2.39 bits per heavy atom. The number of hydrogen-bond acceptors (Lipinski definition) is 4. The Bertz CT molecular complexity index is 773. The highest BCUT2D eigenvalue weighted by molar-refractivity contribution is 5.74. The van der Waals surface area contributed by atoms with Crippen molar-refractivity contribution in [1.82, 2.24) is 10.6 Å². The molecule has 0 aromatic heterocycles. The number of hydrogen-bond donors (Lipinski definition) is 2. The van der Waals surface area contributed by atoms with Gasteiger partial charge in [-0.2, -0.15) is 0 Å². The molecule has 2 aromatic carbocycles. The van der Waals surface area contributed by atoms with Crippen molar-refractivity contribution < 1.29 is 19.0 Å². The Balaban J connectivity index is 1.68. The highest BCUT2D eigenvalue weighted by Gasteiger charge is 2.35. The number of carbonyl (C=O) groups is 1. The topological polar surface area (TPSA) is 68.8 Å². The van der Waals surface area contributed by atoms with Crippen molar-refractivity contribution in [2.75, 3.05) is 34.0 Å². The van der Waals surface area contributed by atoms with Crippen LogP contribution >= 0.6 is 0 Å². The second-order valence-electron chi connectivity index (χ2n) is 6.98. The summed E-state index contributed by atoms with van der Waals surface area (Å²) in [6.45, 7) is 2.37. The lowest BCUT2D eigenvalue weighted by Crippen LogP contribution is -2.47. The summed E-state index contributed by atoms with van der Waals surface area (Å²) in [5.74, 6) is 1.39. The van der Waals surface area contributed by atoms with Gasteiger partial charge in [0.15, 0.2) is 11.5 Å². The van der Waals surface area contributed by atoms with E-state index in [1.165, 1.54) is 0 Å². The van der Waals surface area contributed by atoms with Crippen molar-refractivity contribution in [3.63, 3.8) is 0 Å². The first-order chi connectivity index (χ1) is 13.7. The van der Waals surface area contributed by atoms with Crippen molar-refractivity contribution in [3.05, 3.63) is 59.7 Å². The SMILES string of the molecule is COc1ccc(C2(CNC(=O)NCc3ccccc3)CCOCC2)cc1OC. The number of nitrogens with one attached hydrogen (secondary N) is 2. The maximum Gasteiger partial charge on any atom is 0.315 e. The van der Waals surface area contributed by atoms with Crippen LogP contribution in [0.4, 0.5) is 4.79 Å². The second-order valence-corrected chi connectivity index (χ2v) is 6.98. The number of ether oxygens (including phenoxy) is 3. The first-order valence-corrected chi connectivity index (χ1v) is 9.53. The van der Waals surface area contributed by atoms with Crippen LogP contribution < -0.4 is 20.1 Å². The average Bonchev–Trinajstić information content (AvgIpc) is 2.77. The molecule has 2 N–H and O–H groups in total. The van der Waals surface area contributed by atoms with E-state index < -0.39 is 0 Å². The summed E-state index contributed by atoms with van der Waals surface area (Å²) >= 11 is 0. The molecule has 6 nitrogen and oxygen atoms in total. The summed E-state index contributed by atoms with van der Waals surface area (Å²) in [6, 6.07) is 15.7. The van der Waals surface area contributed by atoms with Gasteiger partial charge in [0.1, 0.15) is 0 Å². The van der Waals surface area contributed by atoms with Crippen molar-refractivity contribution in [3.8, 4) is 11.5 Å². The summed E-state index contributed by atoms with van der Waals surface area (Å²) in [7, 11) is 3.26. The molecule has 2 aromatic rings. The van der Waals surface area contributed by atoms with Crippen LogP contribution in [0.1, 0.15) is 24.0 Å². The van der Waals surface area contributed by atoms with Gasteiger partial charge in [-0.05, 0) is 36.1 Å². The third kappa shape index (κ3) is 4.75. The lowest BCUT2D eigenvalue weighted by atomic mass is 9.74. The van der Waals surface area contributed by atoms with E-state index in [9.17, 15) is 4.79 Å². The fraction of sp³-hybridized carbons (Fsp3) is 0.409. The lowest BCUT2D eigenvalue weighted by Gasteiger charge is -2.38. The fourth-order valence-corrected chi connectivity index (χ4v) is 3.59. The first-order valence-electron chi connectivity index (χ1n) is 9.53. The molecule has 0 atom stereocenters. The second kappa shape index (κ2) is 9.46. The van der Waals surface area contributed by atoms with E-state index in [0.717, 1.165) is 24.0 Å². The Morgan fingerprint density at radius 2 is 1.71 bits per heavy atom. The van der Waals surface area contributed by atoms with E-state index in [-0.39, 0.29) is 11.4 Å². The summed E-state index contributed by atoms with van der Waals surface area (Å²) in [4.78, 5) is 12.4. The van der Waals surface area contributed by atoms with Gasteiger partial charge in [0.05, 0.1) is 14.2 Å². The number of benzene rings is 2. The minimum absolute atomic E-state index is 0.171. The largest absolute Gasteiger partial charge is 0.493 e. The molecule has 150 valence electrons. The Hall–Kier alpha value is -2.73. The minimum atomic E-state index is -0.193. The fourth-order valence-electron chi connectivity index (χ4n) is 3.59. The standard InChI is InChI=1S/C22H28N2O4/c1-26-19-9-8-18(14-20(19)27-2)22(10-12-28-13-11-22)16-24-21(25)23-15-17-6-4-3-5-7-17/h3-9,14H,10-13,15-16H2,1-2H3,(H2,23,24,25). The summed E-state index contributed by atoms with van der Waals surface area (Å²) < 4.78 is 16.4. The van der Waals surface area contributed by atoms with Gasteiger partial charge in [0.2, 0.25) is 0 Å². The summed E-state index contributed by atoms with van der Waals surface area (Å²) in [5.41, 5.74) is 2.00. The van der Waals surface area contributed by atoms with Gasteiger partial charge in [0.25, 0.3) is 0 Å². The Labute approximate surface area is 166 Å². The molecule has 3 rings (SSSR count). The minimum Gasteiger partial charge on any atom is -0.493 e. The third-order valence-corrected chi connectivity index (χ3v) is 5.33. The van der Waals surface area contributed by atoms with Crippen LogP contribution in [0.5, 0.6) is 11.5 Å². The average molecular weight is 384 g/mol. The third-order valence-electron chi connectivity index (χ3n) is 5.33. The monoisotopic (exact) mass is 384 g/mol. The van der Waals surface area contributed by atoms with Gasteiger partial charge in [-0.25, -0.2) is 4.79 Å². The molecule has 28 heavy (non-hydrogen) atoms. The van der Waals surface area contributed by atoms with Crippen LogP contribution in [0.25, 0.3) is 0 Å².